The summed E-state index contributed by atoms with van der Waals surface area (Å²) in [6.07, 6.45) is 0.619. The lowest BCUT2D eigenvalue weighted by Crippen LogP contribution is -2.27. The van der Waals surface area contributed by atoms with Crippen molar-refractivity contribution in [3.05, 3.63) is 22.1 Å². The van der Waals surface area contributed by atoms with Gasteiger partial charge in [0.25, 0.3) is 0 Å². The van der Waals surface area contributed by atoms with Gasteiger partial charge in [-0.05, 0) is 4.92 Å². The molecule has 16 heavy (non-hydrogen) atoms. The highest BCUT2D eigenvalue weighted by Gasteiger charge is 2.16. The van der Waals surface area contributed by atoms with Crippen molar-refractivity contribution in [1.29, 1.82) is 0 Å². The Bertz CT molecular complexity index is 401. The van der Waals surface area contributed by atoms with Crippen LogP contribution in [0.4, 0.5) is 10.6 Å². The molecule has 1 aromatic rings. The number of methoxy groups -OCH3 is 1. The molecule has 0 radical (unpaired) electrons. The average molecular weight is 228 g/mol. The molecule has 0 unspecified atom stereocenters. The Labute approximate surface area is 91.4 Å². The first-order chi connectivity index (χ1) is 7.56. The molecule has 1 N–H and O–H groups in total. The van der Waals surface area contributed by atoms with Gasteiger partial charge in [-0.3, -0.25) is 0 Å². The van der Waals surface area contributed by atoms with Gasteiger partial charge in [0.05, 0.1) is 13.7 Å². The van der Waals surface area contributed by atoms with E-state index in [1.54, 1.807) is 6.92 Å². The summed E-state index contributed by atoms with van der Waals surface area (Å²) in [6, 6.07) is 0. The maximum absolute atomic E-state index is 10.8. The molecule has 1 heterocycles. The van der Waals surface area contributed by atoms with Crippen LogP contribution in [0.15, 0.2) is 6.20 Å². The smallest absolute Gasteiger partial charge is 0.406 e. The van der Waals surface area contributed by atoms with Crippen molar-refractivity contribution in [2.45, 2.75) is 13.5 Å². The van der Waals surface area contributed by atoms with Gasteiger partial charge in [-0.15, -0.1) is 0 Å². The first kappa shape index (κ1) is 12.0. The minimum Gasteiger partial charge on any atom is -0.453 e. The molecule has 1 rings (SSSR count). The summed E-state index contributed by atoms with van der Waals surface area (Å²) in [5.41, 5.74) is 0. The molecule has 0 aliphatic rings. The van der Waals surface area contributed by atoms with Crippen LogP contribution in [0, 0.1) is 17.0 Å². The summed E-state index contributed by atoms with van der Waals surface area (Å²) >= 11 is 0. The van der Waals surface area contributed by atoms with E-state index in [2.05, 4.69) is 15.0 Å². The molecule has 0 aliphatic heterocycles. The molecule has 0 fully saturated rings. The van der Waals surface area contributed by atoms with Gasteiger partial charge >= 0.3 is 11.9 Å². The van der Waals surface area contributed by atoms with Crippen LogP contribution >= 0.6 is 0 Å². The van der Waals surface area contributed by atoms with Crippen molar-refractivity contribution in [1.82, 2.24) is 14.9 Å². The number of hydrogen-bond donors (Lipinski definition) is 1. The van der Waals surface area contributed by atoms with E-state index in [9.17, 15) is 14.9 Å². The largest absolute Gasteiger partial charge is 0.453 e. The van der Waals surface area contributed by atoms with Gasteiger partial charge in [0, 0.05) is 6.92 Å². The monoisotopic (exact) mass is 228 g/mol. The highest BCUT2D eigenvalue weighted by atomic mass is 16.6. The maximum Gasteiger partial charge on any atom is 0.406 e. The summed E-state index contributed by atoms with van der Waals surface area (Å²) in [6.45, 7) is 2.17. The quantitative estimate of drug-likeness (QED) is 0.596. The topological polar surface area (TPSA) is 99.3 Å². The third-order valence-corrected chi connectivity index (χ3v) is 2.01. The summed E-state index contributed by atoms with van der Waals surface area (Å²) in [7, 11) is 1.25. The Morgan fingerprint density at radius 1 is 1.75 bits per heavy atom. The van der Waals surface area contributed by atoms with Gasteiger partial charge in [0.2, 0.25) is 0 Å². The van der Waals surface area contributed by atoms with Crippen molar-refractivity contribution in [2.75, 3.05) is 13.7 Å². The third-order valence-electron chi connectivity index (χ3n) is 2.01. The molecule has 0 aliphatic carbocycles. The number of ether oxygens (including phenoxy) is 1. The lowest BCUT2D eigenvalue weighted by molar-refractivity contribution is -0.392. The molecule has 0 atom stereocenters. The van der Waals surface area contributed by atoms with Crippen molar-refractivity contribution >= 4 is 11.9 Å². The molecule has 8 heteroatoms. The molecule has 1 aromatic heterocycles. The molecule has 88 valence electrons. The second-order valence-corrected chi connectivity index (χ2v) is 2.99. The number of aryl methyl sites for hydroxylation is 1. The molecule has 8 nitrogen and oxygen atoms in total. The van der Waals surface area contributed by atoms with Crippen molar-refractivity contribution in [3.8, 4) is 0 Å². The molecule has 1 amide bonds. The number of nitrogens with zero attached hydrogens (tertiary/aromatic N) is 3. The SMILES string of the molecule is COC(=O)NCCn1c([N+](=O)[O-])cnc1C. The Balaban J connectivity index is 2.62. The van der Waals surface area contributed by atoms with Crippen LogP contribution in [0.5, 0.6) is 0 Å². The number of nitrogens with one attached hydrogen (secondary N) is 1. The predicted molar refractivity (Wildman–Crippen MR) is 54.0 cm³/mol. The Kier molecular flexibility index (Phi) is 3.81. The number of hydrogen-bond acceptors (Lipinski definition) is 5. The zero-order chi connectivity index (χ0) is 12.1. The normalized spacial score (nSPS) is 9.88. The summed E-state index contributed by atoms with van der Waals surface area (Å²) in [5, 5.41) is 13.1. The standard InChI is InChI=1S/C8H12N4O4/c1-6-10-5-7(12(14)15)11(6)4-3-9-8(13)16-2/h5H,3-4H2,1-2H3,(H,9,13). The summed E-state index contributed by atoms with van der Waals surface area (Å²) < 4.78 is 5.78. The molecular formula is C8H12N4O4. The second-order valence-electron chi connectivity index (χ2n) is 2.99. The minimum atomic E-state index is -0.569. The van der Waals surface area contributed by atoms with Crippen LogP contribution < -0.4 is 5.32 Å². The average Bonchev–Trinajstić information content (AvgIpc) is 2.60. The summed E-state index contributed by atoms with van der Waals surface area (Å²) in [4.78, 5) is 24.7. The number of alkyl carbamates (subject to hydrolysis) is 1. The Hall–Kier alpha value is -2.12. The number of carbonyl (C=O) groups is 1. The van der Waals surface area contributed by atoms with E-state index in [1.165, 1.54) is 17.9 Å². The van der Waals surface area contributed by atoms with Gasteiger partial charge in [-0.25, -0.2) is 14.3 Å². The fourth-order valence-electron chi connectivity index (χ4n) is 1.22. The lowest BCUT2D eigenvalue weighted by atomic mass is 10.5. The van der Waals surface area contributed by atoms with E-state index < -0.39 is 11.0 Å². The van der Waals surface area contributed by atoms with E-state index in [0.717, 1.165) is 0 Å². The fourth-order valence-corrected chi connectivity index (χ4v) is 1.22. The van der Waals surface area contributed by atoms with E-state index in [-0.39, 0.29) is 18.9 Å². The minimum absolute atomic E-state index is 0.0934. The van der Waals surface area contributed by atoms with E-state index in [1.807, 2.05) is 0 Å². The van der Waals surface area contributed by atoms with Crippen molar-refractivity contribution in [3.63, 3.8) is 0 Å². The van der Waals surface area contributed by atoms with Gasteiger partial charge in [-0.2, -0.15) is 0 Å². The number of carbonyl (C=O) groups excluding carboxylic acids is 1. The van der Waals surface area contributed by atoms with Crippen LogP contribution in [0.25, 0.3) is 0 Å². The van der Waals surface area contributed by atoms with Crippen molar-refractivity contribution < 1.29 is 14.5 Å². The Morgan fingerprint density at radius 3 is 3.00 bits per heavy atom. The maximum atomic E-state index is 10.8. The number of nitro groups is 1. The number of rotatable bonds is 4. The van der Waals surface area contributed by atoms with Gasteiger partial charge < -0.3 is 20.2 Å². The molecule has 0 spiro atoms. The number of aromatic nitrogens is 2. The fraction of sp³-hybridized carbons (Fsp3) is 0.500. The zero-order valence-corrected chi connectivity index (χ0v) is 8.97. The highest BCUT2D eigenvalue weighted by molar-refractivity contribution is 5.66. The lowest BCUT2D eigenvalue weighted by Gasteiger charge is -2.04. The molecule has 0 saturated carbocycles. The predicted octanol–water partition coefficient (Wildman–Crippen LogP) is 0.456. The molecule has 0 saturated heterocycles. The molecule has 0 bridgehead atoms. The third kappa shape index (κ3) is 2.69. The van der Waals surface area contributed by atoms with Crippen LogP contribution in [0.3, 0.4) is 0 Å². The van der Waals surface area contributed by atoms with Crippen LogP contribution in [0.1, 0.15) is 5.82 Å². The van der Waals surface area contributed by atoms with Gasteiger partial charge in [0.1, 0.15) is 12.7 Å². The van der Waals surface area contributed by atoms with Gasteiger partial charge in [-0.1, -0.05) is 0 Å². The van der Waals surface area contributed by atoms with Crippen LogP contribution in [-0.4, -0.2) is 34.2 Å². The number of amides is 1. The first-order valence-electron chi connectivity index (χ1n) is 4.54. The van der Waals surface area contributed by atoms with E-state index in [0.29, 0.717) is 5.82 Å². The van der Waals surface area contributed by atoms with E-state index >= 15 is 0 Å². The Morgan fingerprint density at radius 2 is 2.44 bits per heavy atom. The van der Waals surface area contributed by atoms with E-state index in [4.69, 9.17) is 0 Å². The number of imidazole rings is 1. The highest BCUT2D eigenvalue weighted by Crippen LogP contribution is 2.12. The zero-order valence-electron chi connectivity index (χ0n) is 8.97. The first-order valence-corrected chi connectivity index (χ1v) is 4.54. The molecular weight excluding hydrogens is 216 g/mol. The van der Waals surface area contributed by atoms with Gasteiger partial charge in [0.15, 0.2) is 5.82 Å². The van der Waals surface area contributed by atoms with Crippen molar-refractivity contribution in [2.24, 2.45) is 0 Å². The molecule has 0 aromatic carbocycles. The summed E-state index contributed by atoms with van der Waals surface area (Å²) in [5.74, 6) is 0.433. The van der Waals surface area contributed by atoms with Crippen LogP contribution in [-0.2, 0) is 11.3 Å². The second kappa shape index (κ2) is 5.10. The van der Waals surface area contributed by atoms with Crippen LogP contribution in [0.2, 0.25) is 0 Å².